The van der Waals surface area contributed by atoms with Crippen molar-refractivity contribution < 1.29 is 21.9 Å². The van der Waals surface area contributed by atoms with Crippen LogP contribution in [0.4, 0.5) is 0 Å². The summed E-state index contributed by atoms with van der Waals surface area (Å²) in [5.74, 6) is 2.41. The predicted molar refractivity (Wildman–Crippen MR) is 65.5 cm³/mol. The first-order chi connectivity index (χ1) is 7.43. The average Bonchev–Trinajstić information content (AvgIpc) is 2.29. The van der Waals surface area contributed by atoms with Crippen LogP contribution in [0.15, 0.2) is 0 Å². The van der Waals surface area contributed by atoms with E-state index in [9.17, 15) is 0 Å². The predicted octanol–water partition coefficient (Wildman–Crippen LogP) is -0.307. The van der Waals surface area contributed by atoms with E-state index < -0.39 is 0 Å². The van der Waals surface area contributed by atoms with Crippen LogP contribution in [0.1, 0.15) is 51.4 Å². The third-order valence-corrected chi connectivity index (χ3v) is 2.64. The first-order valence-electron chi connectivity index (χ1n) is 6.06. The van der Waals surface area contributed by atoms with Crippen LogP contribution in [0.2, 0.25) is 0 Å². The van der Waals surface area contributed by atoms with Gasteiger partial charge in [0.2, 0.25) is 0 Å². The molecule has 0 bridgehead atoms. The zero-order valence-corrected chi connectivity index (χ0v) is 12.7. The maximum atomic E-state index is 6.76. The van der Waals surface area contributed by atoms with E-state index in [1.165, 1.54) is 25.7 Å². The molecule has 0 aromatic carbocycles. The number of unbranched alkanes of at least 4 members (excludes halogenated alkanes) is 4. The van der Waals surface area contributed by atoms with Crippen molar-refractivity contribution in [3.05, 3.63) is 6.42 Å². The Kier molecular flexibility index (Phi) is 17.1. The molecule has 0 spiro atoms. The first-order valence-corrected chi connectivity index (χ1v) is 6.06. The summed E-state index contributed by atoms with van der Waals surface area (Å²) >= 11 is 0. The minimum Gasteiger partial charge on any atom is -1.00 e. The Labute approximate surface area is 128 Å². The van der Waals surface area contributed by atoms with Crippen molar-refractivity contribution in [2.75, 3.05) is 13.2 Å². The van der Waals surface area contributed by atoms with Crippen LogP contribution in [-0.4, -0.2) is 42.6 Å². The fraction of sp³-hybridized carbons (Fsp3) is 0.846. The monoisotopic (exact) mass is 268 g/mol. The second-order valence-corrected chi connectivity index (χ2v) is 4.01. The minimum atomic E-state index is 0. The third-order valence-electron chi connectivity index (χ3n) is 2.64. The van der Waals surface area contributed by atoms with E-state index >= 15 is 0 Å². The summed E-state index contributed by atoms with van der Waals surface area (Å²) < 4.78 is 11.1. The number of rotatable bonds is 7. The first kappa shape index (κ1) is 19.9. The molecule has 0 N–H and O–H groups in total. The number of ether oxygens (including phenoxy) is 2. The van der Waals surface area contributed by atoms with Gasteiger partial charge >= 0.3 is 23.1 Å². The van der Waals surface area contributed by atoms with Crippen molar-refractivity contribution in [2.24, 2.45) is 0 Å². The van der Waals surface area contributed by atoms with Gasteiger partial charge in [-0.15, -0.1) is 0 Å². The molecule has 1 saturated heterocycles. The van der Waals surface area contributed by atoms with Crippen molar-refractivity contribution in [2.45, 2.75) is 57.7 Å². The molecule has 1 aliphatic heterocycles. The van der Waals surface area contributed by atoms with Gasteiger partial charge in [0.1, 0.15) is 0 Å². The summed E-state index contributed by atoms with van der Waals surface area (Å²) in [4.78, 5) is 0. The topological polar surface area (TPSA) is 18.5 Å². The van der Waals surface area contributed by atoms with E-state index in [4.69, 9.17) is 15.9 Å². The molecule has 2 nitrogen and oxygen atoms in total. The SMILES string of the molecule is [C-]#CCCCCCCOC1CCCCO1.[Cl-].[Mg+2]. The molecule has 94 valence electrons. The van der Waals surface area contributed by atoms with Crippen LogP contribution in [0, 0.1) is 12.3 Å². The molecule has 17 heavy (non-hydrogen) atoms. The molecule has 1 rings (SSSR count). The van der Waals surface area contributed by atoms with Crippen LogP contribution in [0.3, 0.4) is 0 Å². The van der Waals surface area contributed by atoms with Gasteiger partial charge in [-0.05, 0) is 38.5 Å². The largest absolute Gasteiger partial charge is 2.00 e. The van der Waals surface area contributed by atoms with Crippen molar-refractivity contribution in [3.63, 3.8) is 0 Å². The standard InChI is InChI=1S/C13H21O2.ClH.Mg/c1-2-3-4-5-6-8-11-14-13-10-7-9-12-15-13;;/h13H,3-12H2;1H;/q-1;;+2/p-1. The Morgan fingerprint density at radius 2 is 1.94 bits per heavy atom. The molecule has 1 heterocycles. The van der Waals surface area contributed by atoms with Crippen LogP contribution < -0.4 is 12.4 Å². The van der Waals surface area contributed by atoms with Crippen LogP contribution in [0.5, 0.6) is 0 Å². The molecule has 0 aromatic heterocycles. The van der Waals surface area contributed by atoms with Crippen molar-refractivity contribution in [1.82, 2.24) is 0 Å². The quantitative estimate of drug-likeness (QED) is 0.273. The zero-order valence-electron chi connectivity index (χ0n) is 10.5. The third kappa shape index (κ3) is 11.4. The Bertz CT molecular complexity index is 188. The second kappa shape index (κ2) is 14.6. The van der Waals surface area contributed by atoms with E-state index in [0.29, 0.717) is 0 Å². The molecular formula is C13H21ClMgO2. The van der Waals surface area contributed by atoms with Crippen molar-refractivity contribution in [3.8, 4) is 5.92 Å². The van der Waals surface area contributed by atoms with Gasteiger partial charge in [0.25, 0.3) is 0 Å². The number of hydrogen-bond donors (Lipinski definition) is 0. The molecule has 0 aromatic rings. The maximum Gasteiger partial charge on any atom is 2.00 e. The van der Waals surface area contributed by atoms with Crippen molar-refractivity contribution in [1.29, 1.82) is 0 Å². The molecule has 0 amide bonds. The van der Waals surface area contributed by atoms with Gasteiger partial charge in [-0.2, -0.15) is 0 Å². The molecule has 0 radical (unpaired) electrons. The van der Waals surface area contributed by atoms with Gasteiger partial charge in [-0.1, -0.05) is 12.8 Å². The summed E-state index contributed by atoms with van der Waals surface area (Å²) in [7, 11) is 0. The van der Waals surface area contributed by atoms with E-state index in [2.05, 4.69) is 5.92 Å². The Hall–Kier alpha value is 0.536. The average molecular weight is 269 g/mol. The summed E-state index contributed by atoms with van der Waals surface area (Å²) in [6.45, 7) is 1.68. The minimum absolute atomic E-state index is 0. The fourth-order valence-corrected chi connectivity index (χ4v) is 1.73. The normalized spacial score (nSPS) is 18.6. The zero-order chi connectivity index (χ0) is 10.8. The van der Waals surface area contributed by atoms with E-state index in [1.807, 2.05) is 0 Å². The molecule has 1 unspecified atom stereocenters. The summed E-state index contributed by atoms with van der Waals surface area (Å²) in [5, 5.41) is 0. The summed E-state index contributed by atoms with van der Waals surface area (Å²) in [6, 6.07) is 0. The Morgan fingerprint density at radius 1 is 1.18 bits per heavy atom. The Morgan fingerprint density at radius 3 is 2.59 bits per heavy atom. The van der Waals surface area contributed by atoms with Gasteiger partial charge in [-0.25, -0.2) is 0 Å². The van der Waals surface area contributed by atoms with E-state index in [1.54, 1.807) is 0 Å². The maximum absolute atomic E-state index is 6.76. The summed E-state index contributed by atoms with van der Waals surface area (Å²) in [5.41, 5.74) is 0. The van der Waals surface area contributed by atoms with Gasteiger partial charge in [-0.3, -0.25) is 0 Å². The molecule has 1 fully saturated rings. The molecule has 1 atom stereocenters. The van der Waals surface area contributed by atoms with Gasteiger partial charge < -0.3 is 34.2 Å². The Balaban J connectivity index is 0. The van der Waals surface area contributed by atoms with Gasteiger partial charge in [0, 0.05) is 13.2 Å². The van der Waals surface area contributed by atoms with E-state index in [0.717, 1.165) is 38.9 Å². The summed E-state index contributed by atoms with van der Waals surface area (Å²) in [6.07, 6.45) is 15.7. The van der Waals surface area contributed by atoms with E-state index in [-0.39, 0.29) is 41.7 Å². The second-order valence-electron chi connectivity index (χ2n) is 4.01. The fourth-order valence-electron chi connectivity index (χ4n) is 1.73. The number of hydrogen-bond acceptors (Lipinski definition) is 2. The van der Waals surface area contributed by atoms with Crippen LogP contribution >= 0.6 is 0 Å². The van der Waals surface area contributed by atoms with Gasteiger partial charge in [0.15, 0.2) is 6.29 Å². The smallest absolute Gasteiger partial charge is 1.00 e. The molecule has 1 aliphatic rings. The molecular weight excluding hydrogens is 248 g/mol. The number of halogens is 1. The molecule has 0 aliphatic carbocycles. The van der Waals surface area contributed by atoms with Crippen molar-refractivity contribution >= 4 is 23.1 Å². The van der Waals surface area contributed by atoms with Crippen LogP contribution in [0.25, 0.3) is 0 Å². The molecule has 4 heteroatoms. The molecule has 0 saturated carbocycles. The van der Waals surface area contributed by atoms with Gasteiger partial charge in [0.05, 0.1) is 0 Å². The van der Waals surface area contributed by atoms with Crippen LogP contribution in [-0.2, 0) is 9.47 Å².